The molecular formula is C17H21NO. The van der Waals surface area contributed by atoms with Gasteiger partial charge in [0, 0.05) is 6.04 Å². The number of aryl methyl sites for hydroxylation is 2. The Labute approximate surface area is 115 Å². The van der Waals surface area contributed by atoms with Crippen molar-refractivity contribution in [3.05, 3.63) is 58.7 Å². The molecule has 0 aliphatic heterocycles. The summed E-state index contributed by atoms with van der Waals surface area (Å²) in [6.45, 7) is 8.23. The second-order valence-corrected chi connectivity index (χ2v) is 5.11. The van der Waals surface area contributed by atoms with E-state index in [-0.39, 0.29) is 6.04 Å². The molecule has 0 aliphatic rings. The second kappa shape index (κ2) is 5.45. The normalized spacial score (nSPS) is 12.3. The van der Waals surface area contributed by atoms with Gasteiger partial charge in [0.15, 0.2) is 0 Å². The Kier molecular flexibility index (Phi) is 3.91. The molecule has 2 rings (SSSR count). The van der Waals surface area contributed by atoms with Gasteiger partial charge in [-0.1, -0.05) is 24.3 Å². The Bertz CT molecular complexity index is 571. The van der Waals surface area contributed by atoms with Gasteiger partial charge in [0.2, 0.25) is 0 Å². The van der Waals surface area contributed by atoms with E-state index in [1.807, 2.05) is 31.2 Å². The monoisotopic (exact) mass is 255 g/mol. The Morgan fingerprint density at radius 3 is 2.05 bits per heavy atom. The van der Waals surface area contributed by atoms with E-state index in [2.05, 4.69) is 32.9 Å². The van der Waals surface area contributed by atoms with Crippen LogP contribution in [0.2, 0.25) is 0 Å². The zero-order valence-electron chi connectivity index (χ0n) is 12.0. The van der Waals surface area contributed by atoms with Gasteiger partial charge in [-0.2, -0.15) is 0 Å². The van der Waals surface area contributed by atoms with Crippen LogP contribution in [0.3, 0.4) is 0 Å². The summed E-state index contributed by atoms with van der Waals surface area (Å²) in [7, 11) is 0. The maximum atomic E-state index is 6.01. The van der Waals surface area contributed by atoms with Crippen molar-refractivity contribution in [1.29, 1.82) is 0 Å². The number of benzene rings is 2. The van der Waals surface area contributed by atoms with Gasteiger partial charge in [-0.3, -0.25) is 0 Å². The predicted molar refractivity (Wildman–Crippen MR) is 79.8 cm³/mol. The fourth-order valence-corrected chi connectivity index (χ4v) is 2.04. The molecule has 0 heterocycles. The largest absolute Gasteiger partial charge is 0.457 e. The van der Waals surface area contributed by atoms with Gasteiger partial charge in [0.25, 0.3) is 0 Å². The minimum Gasteiger partial charge on any atom is -0.457 e. The van der Waals surface area contributed by atoms with Crippen molar-refractivity contribution in [2.24, 2.45) is 5.73 Å². The molecule has 0 aromatic heterocycles. The van der Waals surface area contributed by atoms with Gasteiger partial charge in [-0.15, -0.1) is 0 Å². The van der Waals surface area contributed by atoms with Crippen LogP contribution in [-0.2, 0) is 0 Å². The summed E-state index contributed by atoms with van der Waals surface area (Å²) < 4.78 is 6.01. The summed E-state index contributed by atoms with van der Waals surface area (Å²) in [6.07, 6.45) is 0. The molecule has 100 valence electrons. The highest BCUT2D eigenvalue weighted by Crippen LogP contribution is 2.30. The molecule has 0 saturated carbocycles. The van der Waals surface area contributed by atoms with E-state index in [1.54, 1.807) is 0 Å². The van der Waals surface area contributed by atoms with Gasteiger partial charge >= 0.3 is 0 Å². The summed E-state index contributed by atoms with van der Waals surface area (Å²) in [5.74, 6) is 1.80. The molecule has 0 spiro atoms. The molecule has 19 heavy (non-hydrogen) atoms. The minimum atomic E-state index is 0.0523. The molecule has 2 aromatic rings. The minimum absolute atomic E-state index is 0.0523. The fourth-order valence-electron chi connectivity index (χ4n) is 2.04. The van der Waals surface area contributed by atoms with Crippen LogP contribution >= 0.6 is 0 Å². The molecule has 0 saturated heterocycles. The second-order valence-electron chi connectivity index (χ2n) is 5.11. The van der Waals surface area contributed by atoms with Gasteiger partial charge in [0.1, 0.15) is 11.5 Å². The van der Waals surface area contributed by atoms with E-state index in [1.165, 1.54) is 11.1 Å². The van der Waals surface area contributed by atoms with Gasteiger partial charge in [-0.05, 0) is 62.1 Å². The molecule has 0 amide bonds. The topological polar surface area (TPSA) is 35.2 Å². The average Bonchev–Trinajstić information content (AvgIpc) is 2.40. The van der Waals surface area contributed by atoms with Crippen molar-refractivity contribution in [2.75, 3.05) is 0 Å². The lowest BCUT2D eigenvalue weighted by molar-refractivity contribution is 0.474. The molecule has 2 N–H and O–H groups in total. The number of hydrogen-bond acceptors (Lipinski definition) is 2. The van der Waals surface area contributed by atoms with E-state index >= 15 is 0 Å². The summed E-state index contributed by atoms with van der Waals surface area (Å²) in [5.41, 5.74) is 10.5. The SMILES string of the molecule is Cc1ccc(C)c(Oc2ccc([C@H](C)N)cc2)c1C. The molecule has 2 heteroatoms. The van der Waals surface area contributed by atoms with E-state index < -0.39 is 0 Å². The molecule has 0 aliphatic carbocycles. The highest BCUT2D eigenvalue weighted by molar-refractivity contribution is 5.47. The highest BCUT2D eigenvalue weighted by atomic mass is 16.5. The van der Waals surface area contributed by atoms with Crippen molar-refractivity contribution in [3.63, 3.8) is 0 Å². The third-order valence-electron chi connectivity index (χ3n) is 3.50. The Balaban J connectivity index is 2.29. The van der Waals surface area contributed by atoms with Crippen molar-refractivity contribution in [2.45, 2.75) is 33.7 Å². The van der Waals surface area contributed by atoms with Crippen LogP contribution in [0.25, 0.3) is 0 Å². The average molecular weight is 255 g/mol. The maximum absolute atomic E-state index is 6.01. The lowest BCUT2D eigenvalue weighted by Crippen LogP contribution is -2.04. The molecule has 2 nitrogen and oxygen atoms in total. The highest BCUT2D eigenvalue weighted by Gasteiger charge is 2.08. The summed E-state index contributed by atoms with van der Waals surface area (Å²) in [5, 5.41) is 0. The third kappa shape index (κ3) is 2.96. The maximum Gasteiger partial charge on any atom is 0.133 e. The van der Waals surface area contributed by atoms with Gasteiger partial charge < -0.3 is 10.5 Å². The first-order valence-electron chi connectivity index (χ1n) is 6.59. The van der Waals surface area contributed by atoms with Crippen LogP contribution in [0.15, 0.2) is 36.4 Å². The quantitative estimate of drug-likeness (QED) is 0.881. The molecule has 0 bridgehead atoms. The molecule has 0 radical (unpaired) electrons. The fraction of sp³-hybridized carbons (Fsp3) is 0.294. The van der Waals surface area contributed by atoms with E-state index in [0.29, 0.717) is 0 Å². The first-order chi connectivity index (χ1) is 8.99. The predicted octanol–water partition coefficient (Wildman–Crippen LogP) is 4.42. The van der Waals surface area contributed by atoms with Crippen molar-refractivity contribution in [1.82, 2.24) is 0 Å². The van der Waals surface area contributed by atoms with E-state index in [9.17, 15) is 0 Å². The Morgan fingerprint density at radius 2 is 1.47 bits per heavy atom. The summed E-state index contributed by atoms with van der Waals surface area (Å²) >= 11 is 0. The lowest BCUT2D eigenvalue weighted by atomic mass is 10.1. The first kappa shape index (κ1) is 13.6. The van der Waals surface area contributed by atoms with E-state index in [0.717, 1.165) is 22.6 Å². The number of ether oxygens (including phenoxy) is 1. The number of nitrogens with two attached hydrogens (primary N) is 1. The first-order valence-corrected chi connectivity index (χ1v) is 6.59. The summed E-state index contributed by atoms with van der Waals surface area (Å²) in [4.78, 5) is 0. The number of hydrogen-bond donors (Lipinski definition) is 1. The van der Waals surface area contributed by atoms with Crippen LogP contribution in [-0.4, -0.2) is 0 Å². The van der Waals surface area contributed by atoms with Crippen LogP contribution in [0, 0.1) is 20.8 Å². The Morgan fingerprint density at radius 1 is 0.895 bits per heavy atom. The summed E-state index contributed by atoms with van der Waals surface area (Å²) in [6, 6.07) is 12.2. The van der Waals surface area contributed by atoms with Crippen LogP contribution in [0.4, 0.5) is 0 Å². The molecular weight excluding hydrogens is 234 g/mol. The lowest BCUT2D eigenvalue weighted by Gasteiger charge is -2.14. The van der Waals surface area contributed by atoms with Crippen molar-refractivity contribution in [3.8, 4) is 11.5 Å². The van der Waals surface area contributed by atoms with Crippen molar-refractivity contribution < 1.29 is 4.74 Å². The Hall–Kier alpha value is -1.80. The van der Waals surface area contributed by atoms with Gasteiger partial charge in [0.05, 0.1) is 0 Å². The smallest absolute Gasteiger partial charge is 0.133 e. The van der Waals surface area contributed by atoms with Crippen LogP contribution in [0.5, 0.6) is 11.5 Å². The van der Waals surface area contributed by atoms with E-state index in [4.69, 9.17) is 10.5 Å². The van der Waals surface area contributed by atoms with Gasteiger partial charge in [-0.25, -0.2) is 0 Å². The standard InChI is InChI=1S/C17H21NO/c1-11-5-6-12(2)17(13(11)3)19-16-9-7-15(8-10-16)14(4)18/h5-10,14H,18H2,1-4H3/t14-/m0/s1. The molecule has 0 fully saturated rings. The molecule has 2 aromatic carbocycles. The third-order valence-corrected chi connectivity index (χ3v) is 3.50. The van der Waals surface area contributed by atoms with Crippen LogP contribution < -0.4 is 10.5 Å². The zero-order valence-corrected chi connectivity index (χ0v) is 12.0. The molecule has 1 atom stereocenters. The zero-order chi connectivity index (χ0) is 14.0. The van der Waals surface area contributed by atoms with Crippen molar-refractivity contribution >= 4 is 0 Å². The van der Waals surface area contributed by atoms with Crippen LogP contribution in [0.1, 0.15) is 35.2 Å². The number of rotatable bonds is 3. The molecule has 0 unspecified atom stereocenters.